The van der Waals surface area contributed by atoms with Crippen LogP contribution in [0.3, 0.4) is 0 Å². The van der Waals surface area contributed by atoms with E-state index in [-0.39, 0.29) is 23.9 Å². The van der Waals surface area contributed by atoms with E-state index in [0.717, 1.165) is 18.9 Å². The van der Waals surface area contributed by atoms with Crippen LogP contribution >= 0.6 is 0 Å². The molecule has 1 N–H and O–H groups in total. The molecule has 0 unspecified atom stereocenters. The first-order valence-electron chi connectivity index (χ1n) is 6.82. The average molecular weight is 297 g/mol. The number of benzene rings is 1. The highest BCUT2D eigenvalue weighted by Gasteiger charge is 2.32. The predicted molar refractivity (Wildman–Crippen MR) is 75.4 cm³/mol. The average Bonchev–Trinajstić information content (AvgIpc) is 2.44. The van der Waals surface area contributed by atoms with Crippen LogP contribution in [0.5, 0.6) is 0 Å². The van der Waals surface area contributed by atoms with E-state index in [1.165, 1.54) is 18.2 Å². The Balaban J connectivity index is 2.71. The molecule has 0 aliphatic heterocycles. The molecule has 0 saturated heterocycles. The SMILES string of the molecule is CCC(CC)C(=O)NCC#Cc1ccccc1C(F)(F)F. The Morgan fingerprint density at radius 2 is 1.86 bits per heavy atom. The molecule has 0 spiro atoms. The largest absolute Gasteiger partial charge is 0.417 e. The first-order valence-corrected chi connectivity index (χ1v) is 6.82. The number of carbonyl (C=O) groups excluding carboxylic acids is 1. The number of halogens is 3. The van der Waals surface area contributed by atoms with Crippen LogP contribution in [0, 0.1) is 17.8 Å². The Hall–Kier alpha value is -1.96. The summed E-state index contributed by atoms with van der Waals surface area (Å²) in [7, 11) is 0. The Labute approximate surface area is 122 Å². The van der Waals surface area contributed by atoms with Crippen molar-refractivity contribution in [3.8, 4) is 11.8 Å². The van der Waals surface area contributed by atoms with Crippen LogP contribution < -0.4 is 5.32 Å². The summed E-state index contributed by atoms with van der Waals surface area (Å²) in [6.07, 6.45) is -2.97. The summed E-state index contributed by atoms with van der Waals surface area (Å²) in [5, 5.41) is 2.62. The topological polar surface area (TPSA) is 29.1 Å². The standard InChI is InChI=1S/C16H18F3NO/c1-3-12(4-2)15(21)20-11-7-9-13-8-5-6-10-14(13)16(17,18)19/h5-6,8,10,12H,3-4,11H2,1-2H3,(H,20,21). The summed E-state index contributed by atoms with van der Waals surface area (Å²) < 4.78 is 38.2. The van der Waals surface area contributed by atoms with Gasteiger partial charge in [-0.3, -0.25) is 4.79 Å². The van der Waals surface area contributed by atoms with Gasteiger partial charge in [0, 0.05) is 11.5 Å². The molecule has 21 heavy (non-hydrogen) atoms. The molecule has 0 bridgehead atoms. The Kier molecular flexibility index (Phi) is 6.29. The van der Waals surface area contributed by atoms with Gasteiger partial charge >= 0.3 is 6.18 Å². The van der Waals surface area contributed by atoms with Crippen molar-refractivity contribution in [2.24, 2.45) is 5.92 Å². The minimum absolute atomic E-state index is 0.0432. The number of amides is 1. The van der Waals surface area contributed by atoms with Gasteiger partial charge in [-0.05, 0) is 25.0 Å². The van der Waals surface area contributed by atoms with Gasteiger partial charge in [0.2, 0.25) is 5.91 Å². The lowest BCUT2D eigenvalue weighted by molar-refractivity contribution is -0.137. The summed E-state index contributed by atoms with van der Waals surface area (Å²) in [4.78, 5) is 11.7. The van der Waals surface area contributed by atoms with Crippen molar-refractivity contribution in [1.82, 2.24) is 5.32 Å². The highest BCUT2D eigenvalue weighted by atomic mass is 19.4. The number of hydrogen-bond donors (Lipinski definition) is 1. The Morgan fingerprint density at radius 3 is 2.43 bits per heavy atom. The van der Waals surface area contributed by atoms with Crippen molar-refractivity contribution < 1.29 is 18.0 Å². The Morgan fingerprint density at radius 1 is 1.24 bits per heavy atom. The molecule has 2 nitrogen and oxygen atoms in total. The second-order valence-electron chi connectivity index (χ2n) is 4.58. The summed E-state index contributed by atoms with van der Waals surface area (Å²) in [6.45, 7) is 3.87. The lowest BCUT2D eigenvalue weighted by atomic mass is 10.0. The maximum atomic E-state index is 12.7. The van der Waals surface area contributed by atoms with Gasteiger partial charge < -0.3 is 5.32 Å². The van der Waals surface area contributed by atoms with Gasteiger partial charge in [0.1, 0.15) is 0 Å². The highest BCUT2D eigenvalue weighted by molar-refractivity contribution is 5.78. The van der Waals surface area contributed by atoms with Crippen LogP contribution in [-0.4, -0.2) is 12.5 Å². The van der Waals surface area contributed by atoms with Gasteiger partial charge in [-0.2, -0.15) is 13.2 Å². The van der Waals surface area contributed by atoms with E-state index in [2.05, 4.69) is 17.2 Å². The maximum Gasteiger partial charge on any atom is 0.417 e. The van der Waals surface area contributed by atoms with Gasteiger partial charge in [0.25, 0.3) is 0 Å². The smallest absolute Gasteiger partial charge is 0.345 e. The molecule has 0 aliphatic carbocycles. The zero-order valence-corrected chi connectivity index (χ0v) is 12.1. The van der Waals surface area contributed by atoms with Gasteiger partial charge in [-0.15, -0.1) is 0 Å². The lowest BCUT2D eigenvalue weighted by Crippen LogP contribution is -2.30. The zero-order chi connectivity index (χ0) is 15.9. The van der Waals surface area contributed by atoms with E-state index in [1.807, 2.05) is 13.8 Å². The van der Waals surface area contributed by atoms with Crippen LogP contribution in [0.1, 0.15) is 37.8 Å². The molecule has 0 saturated carbocycles. The third-order valence-electron chi connectivity index (χ3n) is 3.16. The molecule has 5 heteroatoms. The quantitative estimate of drug-likeness (QED) is 0.845. The van der Waals surface area contributed by atoms with Crippen molar-refractivity contribution in [3.63, 3.8) is 0 Å². The molecule has 0 radical (unpaired) electrons. The molecule has 1 rings (SSSR count). The van der Waals surface area contributed by atoms with E-state index >= 15 is 0 Å². The summed E-state index contributed by atoms with van der Waals surface area (Å²) >= 11 is 0. The molecule has 0 atom stereocenters. The van der Waals surface area contributed by atoms with Crippen LogP contribution in [-0.2, 0) is 11.0 Å². The van der Waals surface area contributed by atoms with Crippen LogP contribution in [0.15, 0.2) is 24.3 Å². The molecule has 0 aromatic heterocycles. The normalized spacial score (nSPS) is 11.0. The van der Waals surface area contributed by atoms with Crippen LogP contribution in [0.4, 0.5) is 13.2 Å². The maximum absolute atomic E-state index is 12.7. The van der Waals surface area contributed by atoms with E-state index in [4.69, 9.17) is 0 Å². The lowest BCUT2D eigenvalue weighted by Gasteiger charge is -2.10. The first kappa shape index (κ1) is 17.1. The molecule has 0 heterocycles. The van der Waals surface area contributed by atoms with E-state index in [0.29, 0.717) is 0 Å². The van der Waals surface area contributed by atoms with Gasteiger partial charge in [-0.25, -0.2) is 0 Å². The second-order valence-corrected chi connectivity index (χ2v) is 4.58. The minimum Gasteiger partial charge on any atom is -0.345 e. The Bertz CT molecular complexity index is 536. The van der Waals surface area contributed by atoms with Crippen molar-refractivity contribution in [1.29, 1.82) is 0 Å². The number of hydrogen-bond acceptors (Lipinski definition) is 1. The molecular weight excluding hydrogens is 279 g/mol. The van der Waals surface area contributed by atoms with E-state index < -0.39 is 11.7 Å². The van der Waals surface area contributed by atoms with Crippen molar-refractivity contribution >= 4 is 5.91 Å². The highest BCUT2D eigenvalue weighted by Crippen LogP contribution is 2.31. The summed E-state index contributed by atoms with van der Waals surface area (Å²) in [5.41, 5.74) is -0.842. The fourth-order valence-corrected chi connectivity index (χ4v) is 1.91. The van der Waals surface area contributed by atoms with Crippen molar-refractivity contribution in [2.75, 3.05) is 6.54 Å². The van der Waals surface area contributed by atoms with Crippen LogP contribution in [0.2, 0.25) is 0 Å². The number of carbonyl (C=O) groups is 1. The van der Waals surface area contributed by atoms with Crippen LogP contribution in [0.25, 0.3) is 0 Å². The van der Waals surface area contributed by atoms with Gasteiger partial charge in [0.15, 0.2) is 0 Å². The minimum atomic E-state index is -4.43. The van der Waals surface area contributed by atoms with E-state index in [1.54, 1.807) is 0 Å². The molecule has 1 aromatic rings. The van der Waals surface area contributed by atoms with Gasteiger partial charge in [0.05, 0.1) is 12.1 Å². The summed E-state index contributed by atoms with van der Waals surface area (Å²) in [6, 6.07) is 5.14. The van der Waals surface area contributed by atoms with Gasteiger partial charge in [-0.1, -0.05) is 37.8 Å². The molecule has 114 valence electrons. The molecular formula is C16H18F3NO. The summed E-state index contributed by atoms with van der Waals surface area (Å²) in [5.74, 6) is 4.84. The first-order chi connectivity index (χ1) is 9.90. The number of rotatable bonds is 4. The number of nitrogens with one attached hydrogen (secondary N) is 1. The van der Waals surface area contributed by atoms with Crippen molar-refractivity contribution in [3.05, 3.63) is 35.4 Å². The second kappa shape index (κ2) is 7.72. The third-order valence-corrected chi connectivity index (χ3v) is 3.16. The number of alkyl halides is 3. The fraction of sp³-hybridized carbons (Fsp3) is 0.438. The van der Waals surface area contributed by atoms with E-state index in [9.17, 15) is 18.0 Å². The molecule has 1 aromatic carbocycles. The monoisotopic (exact) mass is 297 g/mol. The third kappa shape index (κ3) is 5.14. The van der Waals surface area contributed by atoms with Crippen molar-refractivity contribution in [2.45, 2.75) is 32.9 Å². The molecule has 0 fully saturated rings. The fourth-order valence-electron chi connectivity index (χ4n) is 1.91. The zero-order valence-electron chi connectivity index (χ0n) is 12.1. The predicted octanol–water partition coefficient (Wildman–Crippen LogP) is 3.61. The molecule has 1 amide bonds. The molecule has 0 aliphatic rings.